The van der Waals surface area contributed by atoms with Crippen LogP contribution in [0.5, 0.6) is 0 Å². The molecule has 1 aliphatic carbocycles. The van der Waals surface area contributed by atoms with E-state index in [0.29, 0.717) is 0 Å². The van der Waals surface area contributed by atoms with Crippen molar-refractivity contribution in [3.05, 3.63) is 72.3 Å². The average molecular weight is 258 g/mol. The van der Waals surface area contributed by atoms with E-state index in [9.17, 15) is 4.79 Å². The van der Waals surface area contributed by atoms with Gasteiger partial charge in [-0.1, -0.05) is 42.5 Å². The Bertz CT molecular complexity index is 825. The van der Waals surface area contributed by atoms with Crippen LogP contribution in [0.2, 0.25) is 0 Å². The number of hydrogen-bond donors (Lipinski definition) is 0. The van der Waals surface area contributed by atoms with E-state index in [2.05, 4.69) is 9.97 Å². The van der Waals surface area contributed by atoms with Crippen LogP contribution in [0.15, 0.2) is 61.2 Å². The van der Waals surface area contributed by atoms with Gasteiger partial charge in [-0.2, -0.15) is 0 Å². The maximum Gasteiger partial charge on any atom is 0.194 e. The first-order chi connectivity index (χ1) is 9.86. The molecule has 0 unspecified atom stereocenters. The van der Waals surface area contributed by atoms with Gasteiger partial charge in [-0.25, -0.2) is 9.97 Å². The number of hydrogen-bond acceptors (Lipinski definition) is 3. The highest BCUT2D eigenvalue weighted by atomic mass is 16.1. The predicted molar refractivity (Wildman–Crippen MR) is 76.3 cm³/mol. The first-order valence-corrected chi connectivity index (χ1v) is 6.39. The number of benzene rings is 2. The van der Waals surface area contributed by atoms with Gasteiger partial charge in [0.25, 0.3) is 0 Å². The minimum atomic E-state index is 0.0788. The molecule has 20 heavy (non-hydrogen) atoms. The summed E-state index contributed by atoms with van der Waals surface area (Å²) in [7, 11) is 0. The summed E-state index contributed by atoms with van der Waals surface area (Å²) < 4.78 is 0. The lowest BCUT2D eigenvalue weighted by Crippen LogP contribution is -1.98. The van der Waals surface area contributed by atoms with Crippen molar-refractivity contribution in [3.8, 4) is 22.3 Å². The van der Waals surface area contributed by atoms with Gasteiger partial charge in [0, 0.05) is 29.1 Å². The van der Waals surface area contributed by atoms with Crippen molar-refractivity contribution in [2.24, 2.45) is 0 Å². The smallest absolute Gasteiger partial charge is 0.194 e. The van der Waals surface area contributed by atoms with Crippen LogP contribution in [0.4, 0.5) is 0 Å². The van der Waals surface area contributed by atoms with E-state index >= 15 is 0 Å². The van der Waals surface area contributed by atoms with E-state index in [1.165, 1.54) is 6.33 Å². The summed E-state index contributed by atoms with van der Waals surface area (Å²) in [6.45, 7) is 0. The van der Waals surface area contributed by atoms with E-state index in [0.717, 1.165) is 33.4 Å². The molecule has 0 fully saturated rings. The van der Waals surface area contributed by atoms with E-state index in [4.69, 9.17) is 0 Å². The highest BCUT2D eigenvalue weighted by molar-refractivity contribution is 6.24. The number of carbonyl (C=O) groups is 1. The Morgan fingerprint density at radius 2 is 1.35 bits per heavy atom. The third-order valence-electron chi connectivity index (χ3n) is 3.62. The molecule has 3 nitrogen and oxygen atoms in total. The van der Waals surface area contributed by atoms with Crippen LogP contribution >= 0.6 is 0 Å². The van der Waals surface area contributed by atoms with Gasteiger partial charge >= 0.3 is 0 Å². The Kier molecular flexibility index (Phi) is 2.27. The molecular formula is C17H10N2O. The van der Waals surface area contributed by atoms with Crippen molar-refractivity contribution in [3.63, 3.8) is 0 Å². The molecule has 0 bridgehead atoms. The molecule has 94 valence electrons. The van der Waals surface area contributed by atoms with E-state index in [-0.39, 0.29) is 5.78 Å². The van der Waals surface area contributed by atoms with E-state index in [1.807, 2.05) is 42.5 Å². The zero-order valence-electron chi connectivity index (χ0n) is 10.6. The van der Waals surface area contributed by atoms with Crippen LogP contribution in [-0.4, -0.2) is 15.8 Å². The summed E-state index contributed by atoms with van der Waals surface area (Å²) in [4.78, 5) is 20.7. The SMILES string of the molecule is O=C1c2ccccc2-c2cccc(-c3cncnc3)c21. The summed E-state index contributed by atoms with van der Waals surface area (Å²) in [6.07, 6.45) is 4.96. The van der Waals surface area contributed by atoms with Crippen LogP contribution in [0.25, 0.3) is 22.3 Å². The Morgan fingerprint density at radius 3 is 2.15 bits per heavy atom. The third kappa shape index (κ3) is 1.43. The zero-order valence-corrected chi connectivity index (χ0v) is 10.6. The lowest BCUT2D eigenvalue weighted by Gasteiger charge is -2.06. The Labute approximate surface area is 116 Å². The fourth-order valence-corrected chi connectivity index (χ4v) is 2.75. The second-order valence-electron chi connectivity index (χ2n) is 4.73. The first kappa shape index (κ1) is 11.1. The molecule has 1 heterocycles. The van der Waals surface area contributed by atoms with Gasteiger partial charge < -0.3 is 0 Å². The fourth-order valence-electron chi connectivity index (χ4n) is 2.75. The zero-order chi connectivity index (χ0) is 13.5. The standard InChI is InChI=1S/C17H10N2O/c20-17-15-5-2-1-4-13(15)14-7-3-6-12(16(14)17)11-8-18-10-19-9-11/h1-10H. The largest absolute Gasteiger partial charge is 0.289 e. The summed E-state index contributed by atoms with van der Waals surface area (Å²) in [6, 6.07) is 13.6. The summed E-state index contributed by atoms with van der Waals surface area (Å²) >= 11 is 0. The monoisotopic (exact) mass is 258 g/mol. The van der Waals surface area contributed by atoms with Crippen LogP contribution in [0.3, 0.4) is 0 Å². The van der Waals surface area contributed by atoms with Crippen LogP contribution in [0.1, 0.15) is 15.9 Å². The van der Waals surface area contributed by atoms with Gasteiger partial charge in [-0.3, -0.25) is 4.79 Å². The highest BCUT2D eigenvalue weighted by Gasteiger charge is 2.28. The second kappa shape index (κ2) is 4.10. The highest BCUT2D eigenvalue weighted by Crippen LogP contribution is 2.40. The minimum absolute atomic E-state index is 0.0788. The van der Waals surface area contributed by atoms with Gasteiger partial charge in [-0.05, 0) is 16.7 Å². The number of rotatable bonds is 1. The summed E-state index contributed by atoms with van der Waals surface area (Å²) in [5.41, 5.74) is 5.28. The number of aromatic nitrogens is 2. The molecule has 0 spiro atoms. The molecule has 3 heteroatoms. The van der Waals surface area contributed by atoms with E-state index < -0.39 is 0 Å². The Hall–Kier alpha value is -2.81. The molecule has 0 radical (unpaired) electrons. The second-order valence-corrected chi connectivity index (χ2v) is 4.73. The van der Waals surface area contributed by atoms with Crippen molar-refractivity contribution < 1.29 is 4.79 Å². The molecule has 1 aliphatic rings. The summed E-state index contributed by atoms with van der Waals surface area (Å²) in [5, 5.41) is 0. The summed E-state index contributed by atoms with van der Waals surface area (Å²) in [5.74, 6) is 0.0788. The molecule has 1 aromatic heterocycles. The molecule has 0 aliphatic heterocycles. The number of carbonyl (C=O) groups excluding carboxylic acids is 1. The van der Waals surface area contributed by atoms with Crippen molar-refractivity contribution in [2.45, 2.75) is 0 Å². The molecule has 0 atom stereocenters. The molecule has 0 N–H and O–H groups in total. The first-order valence-electron chi connectivity index (χ1n) is 6.39. The molecule has 3 aromatic rings. The normalized spacial score (nSPS) is 12.1. The van der Waals surface area contributed by atoms with Gasteiger partial charge in [0.2, 0.25) is 0 Å². The van der Waals surface area contributed by atoms with Gasteiger partial charge in [0.1, 0.15) is 6.33 Å². The van der Waals surface area contributed by atoms with Crippen LogP contribution in [-0.2, 0) is 0 Å². The number of ketones is 1. The fraction of sp³-hybridized carbons (Fsp3) is 0. The van der Waals surface area contributed by atoms with Crippen molar-refractivity contribution >= 4 is 5.78 Å². The Balaban J connectivity index is 2.03. The van der Waals surface area contributed by atoms with Crippen molar-refractivity contribution in [1.29, 1.82) is 0 Å². The maximum atomic E-state index is 12.6. The van der Waals surface area contributed by atoms with Gasteiger partial charge in [-0.15, -0.1) is 0 Å². The average Bonchev–Trinajstić information content (AvgIpc) is 2.82. The molecule has 0 saturated carbocycles. The lowest BCUT2D eigenvalue weighted by molar-refractivity contribution is 0.104. The van der Waals surface area contributed by atoms with Crippen molar-refractivity contribution in [2.75, 3.05) is 0 Å². The maximum absolute atomic E-state index is 12.6. The molecule has 2 aromatic carbocycles. The number of nitrogens with zero attached hydrogens (tertiary/aromatic N) is 2. The lowest BCUT2D eigenvalue weighted by atomic mass is 9.97. The van der Waals surface area contributed by atoms with E-state index in [1.54, 1.807) is 12.4 Å². The topological polar surface area (TPSA) is 42.9 Å². The van der Waals surface area contributed by atoms with Gasteiger partial charge in [0.15, 0.2) is 5.78 Å². The molecule has 0 amide bonds. The Morgan fingerprint density at radius 1 is 0.700 bits per heavy atom. The van der Waals surface area contributed by atoms with Crippen molar-refractivity contribution in [1.82, 2.24) is 9.97 Å². The quantitative estimate of drug-likeness (QED) is 0.526. The van der Waals surface area contributed by atoms with Gasteiger partial charge in [0.05, 0.1) is 0 Å². The van der Waals surface area contributed by atoms with Crippen LogP contribution in [0, 0.1) is 0 Å². The molecule has 0 saturated heterocycles. The predicted octanol–water partition coefficient (Wildman–Crippen LogP) is 3.36. The number of fused-ring (bicyclic) bond motifs is 3. The minimum Gasteiger partial charge on any atom is -0.289 e. The van der Waals surface area contributed by atoms with Crippen LogP contribution < -0.4 is 0 Å². The third-order valence-corrected chi connectivity index (χ3v) is 3.62. The molecular weight excluding hydrogens is 248 g/mol. The molecule has 4 rings (SSSR count).